The van der Waals surface area contributed by atoms with Crippen LogP contribution < -0.4 is 9.46 Å². The van der Waals surface area contributed by atoms with Gasteiger partial charge in [0.25, 0.3) is 0 Å². The molecule has 0 bridgehead atoms. The Hall–Kier alpha value is -2.68. The topological polar surface area (TPSA) is 76.5 Å². The zero-order valence-corrected chi connectivity index (χ0v) is 17.0. The maximum absolute atomic E-state index is 12.3. The Morgan fingerprint density at radius 1 is 1.10 bits per heavy atom. The molecule has 1 fully saturated rings. The highest BCUT2D eigenvalue weighted by molar-refractivity contribution is 7.89. The second-order valence-electron chi connectivity index (χ2n) is 7.14. The highest BCUT2D eigenvalue weighted by Gasteiger charge is 2.31. The molecule has 0 aliphatic carbocycles. The van der Waals surface area contributed by atoms with Gasteiger partial charge in [0.1, 0.15) is 17.3 Å². The minimum atomic E-state index is -3.51. The van der Waals surface area contributed by atoms with Crippen LogP contribution in [0.4, 0.5) is 0 Å². The summed E-state index contributed by atoms with van der Waals surface area (Å²) in [5.41, 5.74) is 2.19. The van der Waals surface area contributed by atoms with Crippen molar-refractivity contribution in [3.8, 4) is 16.9 Å². The molecule has 7 nitrogen and oxygen atoms in total. The molecule has 152 valence electrons. The molecule has 0 saturated carbocycles. The summed E-state index contributed by atoms with van der Waals surface area (Å²) in [5.74, 6) is 0.855. The van der Waals surface area contributed by atoms with Crippen molar-refractivity contribution in [3.05, 3.63) is 67.0 Å². The van der Waals surface area contributed by atoms with E-state index in [0.717, 1.165) is 23.4 Å². The van der Waals surface area contributed by atoms with Gasteiger partial charge in [-0.1, -0.05) is 48.5 Å². The van der Waals surface area contributed by atoms with Gasteiger partial charge in [0, 0.05) is 44.5 Å². The zero-order chi connectivity index (χ0) is 20.3. The van der Waals surface area contributed by atoms with Crippen LogP contribution in [0.1, 0.15) is 0 Å². The first kappa shape index (κ1) is 19.6. The van der Waals surface area contributed by atoms with Crippen molar-refractivity contribution < 1.29 is 13.2 Å². The van der Waals surface area contributed by atoms with E-state index in [-0.39, 0.29) is 10.9 Å². The Kier molecular flexibility index (Phi) is 5.66. The summed E-state index contributed by atoms with van der Waals surface area (Å²) in [6.07, 6.45) is 2.85. The van der Waals surface area contributed by atoms with E-state index in [4.69, 9.17) is 4.74 Å². The van der Waals surface area contributed by atoms with Gasteiger partial charge in [0.2, 0.25) is 10.0 Å². The second-order valence-corrected chi connectivity index (χ2v) is 8.85. The fraction of sp³-hybridized carbons (Fsp3) is 0.286. The number of likely N-dealkylation sites (tertiary alicyclic amines) is 1. The van der Waals surface area contributed by atoms with Gasteiger partial charge in [-0.05, 0) is 11.6 Å². The van der Waals surface area contributed by atoms with E-state index in [1.807, 2.05) is 36.4 Å². The third-order valence-corrected chi connectivity index (χ3v) is 6.38. The molecule has 1 aliphatic heterocycles. The Morgan fingerprint density at radius 2 is 1.83 bits per heavy atom. The number of rotatable bonds is 8. The Balaban J connectivity index is 1.26. The summed E-state index contributed by atoms with van der Waals surface area (Å²) in [6, 6.07) is 18.1. The second kappa shape index (κ2) is 8.36. The first-order valence-corrected chi connectivity index (χ1v) is 11.0. The molecule has 0 amide bonds. The van der Waals surface area contributed by atoms with Crippen LogP contribution in [-0.2, 0) is 17.1 Å². The van der Waals surface area contributed by atoms with Crippen LogP contribution in [0, 0.1) is 0 Å². The van der Waals surface area contributed by atoms with Crippen LogP contribution in [-0.4, -0.2) is 55.4 Å². The number of aromatic nitrogens is 2. The summed E-state index contributed by atoms with van der Waals surface area (Å²) < 4.78 is 34.9. The molecule has 4 rings (SSSR count). The molecule has 0 spiro atoms. The lowest BCUT2D eigenvalue weighted by Gasteiger charge is -2.39. The molecule has 2 aromatic carbocycles. The van der Waals surface area contributed by atoms with E-state index in [2.05, 4.69) is 32.9 Å². The van der Waals surface area contributed by atoms with Crippen molar-refractivity contribution in [1.29, 1.82) is 0 Å². The monoisotopic (exact) mass is 412 g/mol. The molecule has 1 N–H and O–H groups in total. The lowest BCUT2D eigenvalue weighted by atomic mass is 10.1. The maximum Gasteiger partial charge on any atom is 0.244 e. The number of benzene rings is 2. The molecule has 3 aromatic rings. The summed E-state index contributed by atoms with van der Waals surface area (Å²) in [7, 11) is -1.82. The van der Waals surface area contributed by atoms with Gasteiger partial charge >= 0.3 is 0 Å². The van der Waals surface area contributed by atoms with Crippen LogP contribution in [0.2, 0.25) is 0 Å². The minimum Gasteiger partial charge on any atom is -0.492 e. The van der Waals surface area contributed by atoms with Crippen LogP contribution in [0.25, 0.3) is 11.1 Å². The number of aryl methyl sites for hydroxylation is 1. The van der Waals surface area contributed by atoms with Crippen LogP contribution in [0.3, 0.4) is 0 Å². The van der Waals surface area contributed by atoms with Gasteiger partial charge in [0.15, 0.2) is 0 Å². The van der Waals surface area contributed by atoms with Crippen molar-refractivity contribution in [2.45, 2.75) is 10.9 Å². The lowest BCUT2D eigenvalue weighted by Crippen LogP contribution is -2.59. The number of ether oxygens (including phenoxy) is 1. The summed E-state index contributed by atoms with van der Waals surface area (Å²) in [4.78, 5) is 2.36. The van der Waals surface area contributed by atoms with Gasteiger partial charge in [-0.15, -0.1) is 0 Å². The summed E-state index contributed by atoms with van der Waals surface area (Å²) >= 11 is 0. The van der Waals surface area contributed by atoms with Gasteiger partial charge in [-0.2, -0.15) is 5.10 Å². The minimum absolute atomic E-state index is 0.0863. The summed E-state index contributed by atoms with van der Waals surface area (Å²) in [6.45, 7) is 2.63. The first-order chi connectivity index (χ1) is 14.0. The van der Waals surface area contributed by atoms with Gasteiger partial charge in [-0.25, -0.2) is 13.1 Å². The fourth-order valence-electron chi connectivity index (χ4n) is 3.39. The van der Waals surface area contributed by atoms with Gasteiger partial charge in [-0.3, -0.25) is 9.58 Å². The molecule has 0 atom stereocenters. The van der Waals surface area contributed by atoms with Gasteiger partial charge in [0.05, 0.1) is 6.20 Å². The van der Waals surface area contributed by atoms with E-state index in [0.29, 0.717) is 19.7 Å². The van der Waals surface area contributed by atoms with E-state index in [9.17, 15) is 8.42 Å². The highest BCUT2D eigenvalue weighted by Crippen LogP contribution is 2.29. The molecular weight excluding hydrogens is 388 g/mol. The predicted molar refractivity (Wildman–Crippen MR) is 111 cm³/mol. The largest absolute Gasteiger partial charge is 0.492 e. The predicted octanol–water partition coefficient (Wildman–Crippen LogP) is 2.13. The molecule has 1 aliphatic rings. The third kappa shape index (κ3) is 4.67. The number of para-hydroxylation sites is 1. The number of hydrogen-bond donors (Lipinski definition) is 1. The Labute approximate surface area is 171 Å². The standard InChI is InChI=1S/C21H24N4O3S/c1-24-16-19(13-22-24)29(26,27)23-18-14-25(15-18)11-12-28-21-10-6-5-9-20(21)17-7-3-2-4-8-17/h2-10,13,16,18,23H,11-12,14-15H2,1H3. The number of hydrogen-bond acceptors (Lipinski definition) is 5. The maximum atomic E-state index is 12.3. The molecule has 29 heavy (non-hydrogen) atoms. The number of nitrogens with zero attached hydrogens (tertiary/aromatic N) is 3. The van der Waals surface area contributed by atoms with Crippen molar-refractivity contribution in [1.82, 2.24) is 19.4 Å². The molecular formula is C21H24N4O3S. The number of sulfonamides is 1. The SMILES string of the molecule is Cn1cc(S(=O)(=O)NC2CN(CCOc3ccccc3-c3ccccc3)C2)cn1. The molecule has 0 radical (unpaired) electrons. The van der Waals surface area contributed by atoms with Gasteiger partial charge < -0.3 is 4.74 Å². The smallest absolute Gasteiger partial charge is 0.244 e. The molecule has 2 heterocycles. The van der Waals surface area contributed by atoms with Crippen molar-refractivity contribution in [2.75, 3.05) is 26.2 Å². The van der Waals surface area contributed by atoms with Crippen molar-refractivity contribution in [2.24, 2.45) is 7.05 Å². The third-order valence-electron chi connectivity index (χ3n) is 4.91. The van der Waals surface area contributed by atoms with Crippen LogP contribution >= 0.6 is 0 Å². The molecule has 1 aromatic heterocycles. The average Bonchev–Trinajstić information content (AvgIpc) is 3.14. The van der Waals surface area contributed by atoms with E-state index in [1.54, 1.807) is 7.05 Å². The first-order valence-electron chi connectivity index (χ1n) is 9.52. The Bertz CT molecular complexity index is 1060. The van der Waals surface area contributed by atoms with Crippen molar-refractivity contribution >= 4 is 10.0 Å². The number of nitrogens with one attached hydrogen (secondary N) is 1. The van der Waals surface area contributed by atoms with E-state index < -0.39 is 10.0 Å². The lowest BCUT2D eigenvalue weighted by molar-refractivity contribution is 0.117. The zero-order valence-electron chi connectivity index (χ0n) is 16.2. The normalized spacial score (nSPS) is 15.2. The fourth-order valence-corrected chi connectivity index (χ4v) is 4.59. The highest BCUT2D eigenvalue weighted by atomic mass is 32.2. The molecule has 0 unspecified atom stereocenters. The average molecular weight is 413 g/mol. The quantitative estimate of drug-likeness (QED) is 0.613. The summed E-state index contributed by atoms with van der Waals surface area (Å²) in [5, 5.41) is 3.92. The van der Waals surface area contributed by atoms with Crippen LogP contribution in [0.5, 0.6) is 5.75 Å². The van der Waals surface area contributed by atoms with E-state index >= 15 is 0 Å². The molecule has 1 saturated heterocycles. The van der Waals surface area contributed by atoms with Crippen molar-refractivity contribution in [3.63, 3.8) is 0 Å². The van der Waals surface area contributed by atoms with E-state index in [1.165, 1.54) is 17.1 Å². The Morgan fingerprint density at radius 3 is 2.55 bits per heavy atom. The molecule has 8 heteroatoms. The van der Waals surface area contributed by atoms with Crippen LogP contribution in [0.15, 0.2) is 71.9 Å².